The molecule has 0 amide bonds. The number of hydrogen-bond acceptors (Lipinski definition) is 3. The minimum atomic E-state index is 0.657. The molecule has 0 N–H and O–H groups in total. The Morgan fingerprint density at radius 1 is 1.41 bits per heavy atom. The average Bonchev–Trinajstić information content (AvgIpc) is 2.33. The smallest absolute Gasteiger partial charge is 0.138 e. The van der Waals surface area contributed by atoms with E-state index in [-0.39, 0.29) is 0 Å². The van der Waals surface area contributed by atoms with E-state index in [1.807, 2.05) is 24.5 Å². The third-order valence-corrected chi connectivity index (χ3v) is 3.28. The van der Waals surface area contributed by atoms with Crippen molar-refractivity contribution in [3.8, 4) is 11.8 Å². The number of rotatable bonds is 6. The molecule has 0 fully saturated rings. The highest BCUT2D eigenvalue weighted by molar-refractivity contribution is 7.98. The highest BCUT2D eigenvalue weighted by Gasteiger charge is 2.08. The number of benzene rings is 1. The van der Waals surface area contributed by atoms with Gasteiger partial charge in [-0.05, 0) is 37.1 Å². The minimum Gasteiger partial charge on any atom is -0.492 e. The van der Waals surface area contributed by atoms with E-state index < -0.39 is 0 Å². The van der Waals surface area contributed by atoms with Gasteiger partial charge in [-0.3, -0.25) is 0 Å². The van der Waals surface area contributed by atoms with Gasteiger partial charge in [-0.25, -0.2) is 0 Å². The molecular formula is C14H19NOS. The van der Waals surface area contributed by atoms with Gasteiger partial charge in [0.1, 0.15) is 17.4 Å². The zero-order valence-corrected chi connectivity index (χ0v) is 11.5. The van der Waals surface area contributed by atoms with E-state index in [1.165, 1.54) is 0 Å². The second-order valence-electron chi connectivity index (χ2n) is 4.33. The predicted molar refractivity (Wildman–Crippen MR) is 72.5 cm³/mol. The van der Waals surface area contributed by atoms with Gasteiger partial charge in [0.2, 0.25) is 0 Å². The van der Waals surface area contributed by atoms with E-state index in [9.17, 15) is 0 Å². The third kappa shape index (κ3) is 4.32. The standard InChI is InChI=1S/C14H19NOS/c1-11(2)6-5-9-16-13-7-4-8-14(17-3)12(13)10-15/h4,7-8,11H,5-6,9H2,1-3H3. The van der Waals surface area contributed by atoms with Crippen LogP contribution in [0.2, 0.25) is 0 Å². The van der Waals surface area contributed by atoms with Crippen molar-refractivity contribution in [2.45, 2.75) is 31.6 Å². The van der Waals surface area contributed by atoms with Crippen molar-refractivity contribution in [1.29, 1.82) is 5.26 Å². The van der Waals surface area contributed by atoms with E-state index in [1.54, 1.807) is 11.8 Å². The van der Waals surface area contributed by atoms with E-state index in [2.05, 4.69) is 19.9 Å². The first-order chi connectivity index (χ1) is 8.19. The van der Waals surface area contributed by atoms with Crippen LogP contribution in [0.5, 0.6) is 5.75 Å². The molecule has 0 atom stereocenters. The van der Waals surface area contributed by atoms with Crippen molar-refractivity contribution in [2.24, 2.45) is 5.92 Å². The lowest BCUT2D eigenvalue weighted by Crippen LogP contribution is -2.01. The van der Waals surface area contributed by atoms with Gasteiger partial charge in [-0.2, -0.15) is 5.26 Å². The number of ether oxygens (including phenoxy) is 1. The SMILES string of the molecule is CSc1cccc(OCCCC(C)C)c1C#N. The summed E-state index contributed by atoms with van der Waals surface area (Å²) in [5.41, 5.74) is 0.657. The first-order valence-electron chi connectivity index (χ1n) is 5.89. The number of nitriles is 1. The van der Waals surface area contributed by atoms with Crippen molar-refractivity contribution in [2.75, 3.05) is 12.9 Å². The van der Waals surface area contributed by atoms with Crippen molar-refractivity contribution in [3.05, 3.63) is 23.8 Å². The summed E-state index contributed by atoms with van der Waals surface area (Å²) >= 11 is 1.58. The summed E-state index contributed by atoms with van der Waals surface area (Å²) in [7, 11) is 0. The fourth-order valence-electron chi connectivity index (χ4n) is 1.59. The number of thioether (sulfide) groups is 1. The summed E-state index contributed by atoms with van der Waals surface area (Å²) in [6.45, 7) is 5.09. The van der Waals surface area contributed by atoms with Crippen molar-refractivity contribution >= 4 is 11.8 Å². The highest BCUT2D eigenvalue weighted by atomic mass is 32.2. The van der Waals surface area contributed by atoms with Gasteiger partial charge >= 0.3 is 0 Å². The summed E-state index contributed by atoms with van der Waals surface area (Å²) in [4.78, 5) is 0.980. The van der Waals surface area contributed by atoms with Gasteiger partial charge in [0.15, 0.2) is 0 Å². The fourth-order valence-corrected chi connectivity index (χ4v) is 2.15. The fraction of sp³-hybridized carbons (Fsp3) is 0.500. The molecule has 1 rings (SSSR count). The van der Waals surface area contributed by atoms with Crippen molar-refractivity contribution in [1.82, 2.24) is 0 Å². The molecule has 2 nitrogen and oxygen atoms in total. The molecular weight excluding hydrogens is 230 g/mol. The molecule has 3 heteroatoms. The van der Waals surface area contributed by atoms with Crippen molar-refractivity contribution < 1.29 is 4.74 Å². The van der Waals surface area contributed by atoms with Crippen LogP contribution in [0.4, 0.5) is 0 Å². The van der Waals surface area contributed by atoms with Crippen LogP contribution in [0.1, 0.15) is 32.3 Å². The van der Waals surface area contributed by atoms with Gasteiger partial charge in [0.05, 0.1) is 6.61 Å². The van der Waals surface area contributed by atoms with Gasteiger partial charge in [0.25, 0.3) is 0 Å². The van der Waals surface area contributed by atoms with Crippen LogP contribution < -0.4 is 4.74 Å². The van der Waals surface area contributed by atoms with Gasteiger partial charge in [-0.15, -0.1) is 11.8 Å². The lowest BCUT2D eigenvalue weighted by Gasteiger charge is -2.10. The highest BCUT2D eigenvalue weighted by Crippen LogP contribution is 2.28. The van der Waals surface area contributed by atoms with Crippen molar-refractivity contribution in [3.63, 3.8) is 0 Å². The molecule has 17 heavy (non-hydrogen) atoms. The molecule has 0 spiro atoms. The molecule has 0 aliphatic heterocycles. The molecule has 0 bridgehead atoms. The second kappa shape index (κ2) is 7.24. The molecule has 1 aromatic carbocycles. The van der Waals surface area contributed by atoms with Crippen LogP contribution in [0.3, 0.4) is 0 Å². The second-order valence-corrected chi connectivity index (χ2v) is 5.18. The molecule has 0 aliphatic rings. The Morgan fingerprint density at radius 2 is 2.18 bits per heavy atom. The molecule has 0 saturated heterocycles. The topological polar surface area (TPSA) is 33.0 Å². The molecule has 92 valence electrons. The maximum atomic E-state index is 9.13. The maximum Gasteiger partial charge on any atom is 0.138 e. The van der Waals surface area contributed by atoms with Crippen LogP contribution in [0.15, 0.2) is 23.1 Å². The lowest BCUT2D eigenvalue weighted by atomic mass is 10.1. The van der Waals surface area contributed by atoms with Crippen LogP contribution in [-0.2, 0) is 0 Å². The Kier molecular flexibility index (Phi) is 5.93. The summed E-state index contributed by atoms with van der Waals surface area (Å²) in [6.07, 6.45) is 4.16. The summed E-state index contributed by atoms with van der Waals surface area (Å²) in [5, 5.41) is 9.13. The molecule has 0 aromatic heterocycles. The Hall–Kier alpha value is -1.14. The third-order valence-electron chi connectivity index (χ3n) is 2.50. The lowest BCUT2D eigenvalue weighted by molar-refractivity contribution is 0.296. The Balaban J connectivity index is 2.62. The summed E-state index contributed by atoms with van der Waals surface area (Å²) in [6, 6.07) is 7.97. The van der Waals surface area contributed by atoms with Gasteiger partial charge in [-0.1, -0.05) is 19.9 Å². The molecule has 0 radical (unpaired) electrons. The summed E-state index contributed by atoms with van der Waals surface area (Å²) in [5.74, 6) is 1.41. The Morgan fingerprint density at radius 3 is 2.76 bits per heavy atom. The maximum absolute atomic E-state index is 9.13. The van der Waals surface area contributed by atoms with E-state index >= 15 is 0 Å². The van der Waals surface area contributed by atoms with Crippen LogP contribution in [0.25, 0.3) is 0 Å². The normalized spacial score (nSPS) is 10.3. The molecule has 0 heterocycles. The van der Waals surface area contributed by atoms with Crippen LogP contribution in [0, 0.1) is 17.2 Å². The molecule has 0 aliphatic carbocycles. The van der Waals surface area contributed by atoms with E-state index in [0.717, 1.165) is 17.7 Å². The van der Waals surface area contributed by atoms with E-state index in [4.69, 9.17) is 10.00 Å². The van der Waals surface area contributed by atoms with Gasteiger partial charge in [0, 0.05) is 4.90 Å². The van der Waals surface area contributed by atoms with E-state index in [0.29, 0.717) is 23.8 Å². The zero-order chi connectivity index (χ0) is 12.7. The predicted octanol–water partition coefficient (Wildman–Crippen LogP) is 4.10. The Bertz CT molecular complexity index is 396. The molecule has 1 aromatic rings. The van der Waals surface area contributed by atoms with Crippen LogP contribution >= 0.6 is 11.8 Å². The number of hydrogen-bond donors (Lipinski definition) is 0. The quantitative estimate of drug-likeness (QED) is 0.562. The monoisotopic (exact) mass is 249 g/mol. The van der Waals surface area contributed by atoms with Gasteiger partial charge < -0.3 is 4.74 Å². The first kappa shape index (κ1) is 13.9. The zero-order valence-electron chi connectivity index (χ0n) is 10.7. The first-order valence-corrected chi connectivity index (χ1v) is 7.11. The minimum absolute atomic E-state index is 0.657. The Labute approximate surface area is 108 Å². The number of nitrogens with zero attached hydrogens (tertiary/aromatic N) is 1. The molecule has 0 saturated carbocycles. The largest absolute Gasteiger partial charge is 0.492 e. The molecule has 0 unspecified atom stereocenters. The van der Waals surface area contributed by atoms with Crippen LogP contribution in [-0.4, -0.2) is 12.9 Å². The average molecular weight is 249 g/mol. The summed E-state index contributed by atoms with van der Waals surface area (Å²) < 4.78 is 5.69.